The Labute approximate surface area is 406 Å². The van der Waals surface area contributed by atoms with E-state index in [2.05, 4.69) is 266 Å². The Morgan fingerprint density at radius 2 is 0.757 bits per heavy atom. The average molecular weight is 886 g/mol. The summed E-state index contributed by atoms with van der Waals surface area (Å²) in [6.07, 6.45) is 0. The molecular weight excluding hydrogens is 843 g/mol. The second-order valence-corrected chi connectivity index (χ2v) is 19.1. The lowest BCUT2D eigenvalue weighted by molar-refractivity contribution is 0.768. The van der Waals surface area contributed by atoms with Gasteiger partial charge in [-0.15, -0.1) is 0 Å². The van der Waals surface area contributed by atoms with Gasteiger partial charge in [0.1, 0.15) is 0 Å². The molecule has 0 aromatic heterocycles. The highest BCUT2D eigenvalue weighted by Crippen LogP contribution is 2.60. The maximum absolute atomic E-state index is 2.55. The maximum Gasteiger partial charge on any atom is 0.0714 e. The van der Waals surface area contributed by atoms with E-state index in [0.717, 1.165) is 17.1 Å². The first kappa shape index (κ1) is 39.0. The Morgan fingerprint density at radius 1 is 0.271 bits per heavy atom. The summed E-state index contributed by atoms with van der Waals surface area (Å²) >= 11 is 0. The van der Waals surface area contributed by atoms with Crippen LogP contribution in [0.4, 0.5) is 17.1 Å². The lowest BCUT2D eigenvalue weighted by atomic mass is 9.68. The van der Waals surface area contributed by atoms with Crippen LogP contribution in [0.1, 0.15) is 22.3 Å². The molecule has 1 nitrogen and oxygen atoms in total. The number of nitrogens with zero attached hydrogens (tertiary/aromatic N) is 1. The van der Waals surface area contributed by atoms with Crippen molar-refractivity contribution in [1.82, 2.24) is 0 Å². The molecule has 0 bridgehead atoms. The van der Waals surface area contributed by atoms with E-state index in [-0.39, 0.29) is 0 Å². The van der Waals surface area contributed by atoms with Gasteiger partial charge in [-0.25, -0.2) is 0 Å². The Balaban J connectivity index is 1.06. The van der Waals surface area contributed by atoms with Crippen LogP contribution >= 0.6 is 0 Å². The fraction of sp³-hybridized carbons (Fsp3) is 0.0145. The summed E-state index contributed by atoms with van der Waals surface area (Å²) in [6.45, 7) is 0. The van der Waals surface area contributed by atoms with Crippen LogP contribution in [0.3, 0.4) is 0 Å². The minimum atomic E-state index is -0.543. The zero-order valence-electron chi connectivity index (χ0n) is 38.3. The third-order valence-electron chi connectivity index (χ3n) is 15.6. The molecule has 1 aliphatic rings. The lowest BCUT2D eigenvalue weighted by Gasteiger charge is -2.34. The summed E-state index contributed by atoms with van der Waals surface area (Å²) in [5, 5.41) is 17.7. The maximum atomic E-state index is 2.55. The van der Waals surface area contributed by atoms with Gasteiger partial charge in [-0.3, -0.25) is 0 Å². The van der Waals surface area contributed by atoms with Gasteiger partial charge in [0.2, 0.25) is 0 Å². The fourth-order valence-corrected chi connectivity index (χ4v) is 12.7. The van der Waals surface area contributed by atoms with Crippen LogP contribution in [0.25, 0.3) is 97.7 Å². The van der Waals surface area contributed by atoms with E-state index >= 15 is 0 Å². The molecular formula is C69H43N. The van der Waals surface area contributed by atoms with Gasteiger partial charge in [-0.1, -0.05) is 224 Å². The van der Waals surface area contributed by atoms with Crippen molar-refractivity contribution in [2.75, 3.05) is 4.90 Å². The van der Waals surface area contributed by atoms with Crippen molar-refractivity contribution in [3.63, 3.8) is 0 Å². The van der Waals surface area contributed by atoms with E-state index < -0.39 is 5.41 Å². The molecule has 0 saturated heterocycles. The van der Waals surface area contributed by atoms with Crippen molar-refractivity contribution in [3.8, 4) is 22.3 Å². The van der Waals surface area contributed by atoms with Gasteiger partial charge in [-0.2, -0.15) is 0 Å². The van der Waals surface area contributed by atoms with E-state index in [4.69, 9.17) is 0 Å². The number of hydrogen-bond acceptors (Lipinski definition) is 1. The first-order chi connectivity index (χ1) is 34.7. The molecule has 0 spiro atoms. The zero-order chi connectivity index (χ0) is 45.9. The van der Waals surface area contributed by atoms with Gasteiger partial charge in [0.05, 0.1) is 11.1 Å². The molecule has 0 radical (unpaired) electrons. The van der Waals surface area contributed by atoms with E-state index in [1.807, 2.05) is 0 Å². The first-order valence-corrected chi connectivity index (χ1v) is 24.4. The Kier molecular flexibility index (Phi) is 8.35. The SMILES string of the molecule is c1ccc(C2(c3ccccc3)c3ccccc3-c3c(N(c4ccc(-c5ccc6ccccc6c5)cc4)c4cc5ccc6cccc7c8cccc9ccc%10cccc(c(c4)c5c67)c%10c98)cccc32)cc1. The molecule has 14 aromatic carbocycles. The largest absolute Gasteiger partial charge is 0.310 e. The summed E-state index contributed by atoms with van der Waals surface area (Å²) in [7, 11) is 0. The molecule has 0 atom stereocenters. The fourth-order valence-electron chi connectivity index (χ4n) is 12.7. The molecule has 1 aliphatic carbocycles. The molecule has 0 fully saturated rings. The molecule has 70 heavy (non-hydrogen) atoms. The highest BCUT2D eigenvalue weighted by atomic mass is 15.1. The summed E-state index contributed by atoms with van der Waals surface area (Å²) in [6, 6.07) is 97.9. The molecule has 0 heterocycles. The molecule has 15 rings (SSSR count). The smallest absolute Gasteiger partial charge is 0.0714 e. The lowest BCUT2D eigenvalue weighted by Crippen LogP contribution is -2.28. The molecule has 0 N–H and O–H groups in total. The van der Waals surface area contributed by atoms with Crippen molar-refractivity contribution in [1.29, 1.82) is 0 Å². The number of anilines is 3. The summed E-state index contributed by atoms with van der Waals surface area (Å²) in [5.41, 5.74) is 12.8. The summed E-state index contributed by atoms with van der Waals surface area (Å²) in [4.78, 5) is 2.55. The van der Waals surface area contributed by atoms with Crippen LogP contribution in [0.5, 0.6) is 0 Å². The Hall–Kier alpha value is -9.04. The van der Waals surface area contributed by atoms with Crippen LogP contribution in [-0.2, 0) is 5.41 Å². The second kappa shape index (κ2) is 15.0. The predicted octanol–water partition coefficient (Wildman–Crippen LogP) is 18.7. The Morgan fingerprint density at radius 3 is 1.41 bits per heavy atom. The summed E-state index contributed by atoms with van der Waals surface area (Å²) < 4.78 is 0. The first-order valence-electron chi connectivity index (χ1n) is 24.4. The van der Waals surface area contributed by atoms with Crippen molar-refractivity contribution < 1.29 is 0 Å². The number of rotatable bonds is 6. The minimum Gasteiger partial charge on any atom is -0.310 e. The highest BCUT2D eigenvalue weighted by Gasteiger charge is 2.47. The van der Waals surface area contributed by atoms with E-state index in [9.17, 15) is 0 Å². The van der Waals surface area contributed by atoms with Gasteiger partial charge in [-0.05, 0) is 151 Å². The van der Waals surface area contributed by atoms with E-state index in [0.29, 0.717) is 0 Å². The van der Waals surface area contributed by atoms with Crippen molar-refractivity contribution in [3.05, 3.63) is 283 Å². The van der Waals surface area contributed by atoms with Crippen LogP contribution < -0.4 is 4.90 Å². The normalized spacial score (nSPS) is 13.0. The molecule has 0 amide bonds. The van der Waals surface area contributed by atoms with Gasteiger partial charge in [0.25, 0.3) is 0 Å². The average Bonchev–Trinajstić information content (AvgIpc) is 3.74. The van der Waals surface area contributed by atoms with Crippen LogP contribution in [0.15, 0.2) is 261 Å². The molecule has 0 unspecified atom stereocenters. The third kappa shape index (κ3) is 5.49. The molecule has 1 heteroatoms. The number of hydrogen-bond donors (Lipinski definition) is 0. The second-order valence-electron chi connectivity index (χ2n) is 19.1. The van der Waals surface area contributed by atoms with Gasteiger partial charge in [0, 0.05) is 16.9 Å². The van der Waals surface area contributed by atoms with Crippen molar-refractivity contribution in [2.45, 2.75) is 5.41 Å². The van der Waals surface area contributed by atoms with E-state index in [1.54, 1.807) is 0 Å². The van der Waals surface area contributed by atoms with Gasteiger partial charge < -0.3 is 4.90 Å². The molecule has 14 aromatic rings. The predicted molar refractivity (Wildman–Crippen MR) is 298 cm³/mol. The van der Waals surface area contributed by atoms with Crippen LogP contribution in [-0.4, -0.2) is 0 Å². The monoisotopic (exact) mass is 885 g/mol. The third-order valence-corrected chi connectivity index (χ3v) is 15.6. The molecule has 0 aliphatic heterocycles. The quantitative estimate of drug-likeness (QED) is 0.150. The standard InChI is InChI=1S/C69H43N/c1-3-20-52(21-4-1)69(53-22-5-2-6-23-53)61-28-10-9-24-59(61)68-62(69)29-14-30-63(68)70(54-39-37-45(38-40-54)50-35-31-44-15-7-8-16-49(44)41-50)55-42-51-36-34-48-18-12-26-57-56-25-11-17-46-32-33-47-19-13-27-58(66(47)64(46)56)60(43-55)67(51)65(48)57/h1-43H. The topological polar surface area (TPSA) is 3.24 Å². The Bertz CT molecular complexity index is 4350. The minimum absolute atomic E-state index is 0.543. The molecule has 324 valence electrons. The zero-order valence-corrected chi connectivity index (χ0v) is 38.3. The van der Waals surface area contributed by atoms with Crippen LogP contribution in [0, 0.1) is 0 Å². The van der Waals surface area contributed by atoms with Crippen molar-refractivity contribution in [2.24, 2.45) is 0 Å². The summed E-state index contributed by atoms with van der Waals surface area (Å²) in [5.74, 6) is 0. The molecule has 0 saturated carbocycles. The number of benzene rings is 13. The highest BCUT2D eigenvalue weighted by molar-refractivity contribution is 6.37. The van der Waals surface area contributed by atoms with Gasteiger partial charge in [0.15, 0.2) is 0 Å². The number of fused-ring (bicyclic) bond motifs is 6. The van der Waals surface area contributed by atoms with E-state index in [1.165, 1.54) is 120 Å². The van der Waals surface area contributed by atoms with Crippen LogP contribution in [0.2, 0.25) is 0 Å². The van der Waals surface area contributed by atoms with Gasteiger partial charge >= 0.3 is 0 Å². The van der Waals surface area contributed by atoms with Crippen molar-refractivity contribution >= 4 is 92.5 Å².